The van der Waals surface area contributed by atoms with Crippen LogP contribution in [0.25, 0.3) is 10.2 Å². The molecule has 0 atom stereocenters. The van der Waals surface area contributed by atoms with Gasteiger partial charge in [0.2, 0.25) is 16.0 Å². The van der Waals surface area contributed by atoms with Crippen molar-refractivity contribution in [1.82, 2.24) is 9.97 Å². The molecule has 0 bridgehead atoms. The second-order valence-corrected chi connectivity index (χ2v) is 13.0. The maximum Gasteiger partial charge on any atom is 0.240 e. The first kappa shape index (κ1) is 22.4. The lowest BCUT2D eigenvalue weighted by molar-refractivity contribution is 0.0903. The lowest BCUT2D eigenvalue weighted by Gasteiger charge is -2.28. The van der Waals surface area contributed by atoms with E-state index in [4.69, 9.17) is 9.72 Å². The number of ether oxygens (including phenoxy) is 1. The van der Waals surface area contributed by atoms with Crippen molar-refractivity contribution < 1.29 is 13.2 Å². The Balaban J connectivity index is 1.46. The number of hydrogen-bond donors (Lipinski definition) is 2. The fourth-order valence-electron chi connectivity index (χ4n) is 4.18. The van der Waals surface area contributed by atoms with Crippen LogP contribution < -0.4 is 14.9 Å². The average molecular weight is 488 g/mol. The van der Waals surface area contributed by atoms with E-state index in [9.17, 15) is 8.42 Å². The number of nitrogens with one attached hydrogen (secondary N) is 2. The summed E-state index contributed by atoms with van der Waals surface area (Å²) in [5.74, 6) is 1.30. The standard InChI is InChI=1S/C23H29N5O3S2/c1-23(2,3)33(29,30)28-10-6-15-4-5-17(14-19(15)28)24-20-18-9-13-32-21(18)27-22(26-20)25-16-7-11-31-12-8-16/h4-5,9,13-14,16H,6-8,10-12H2,1-3H3,(H2,24,25,26,27). The molecule has 10 heteroatoms. The zero-order valence-corrected chi connectivity index (χ0v) is 20.7. The Hall–Kier alpha value is -2.43. The highest BCUT2D eigenvalue weighted by molar-refractivity contribution is 7.94. The van der Waals surface area contributed by atoms with Crippen LogP contribution in [0.2, 0.25) is 0 Å². The number of rotatable bonds is 5. The summed E-state index contributed by atoms with van der Waals surface area (Å²) >= 11 is 1.57. The molecule has 0 amide bonds. The van der Waals surface area contributed by atoms with Gasteiger partial charge in [-0.1, -0.05) is 6.07 Å². The molecule has 1 aromatic carbocycles. The highest BCUT2D eigenvalue weighted by Crippen LogP contribution is 2.37. The first-order valence-electron chi connectivity index (χ1n) is 11.2. The van der Waals surface area contributed by atoms with Crippen LogP contribution in [0.5, 0.6) is 0 Å². The highest BCUT2D eigenvalue weighted by atomic mass is 32.2. The van der Waals surface area contributed by atoms with Gasteiger partial charge in [0.15, 0.2) is 0 Å². The van der Waals surface area contributed by atoms with Gasteiger partial charge in [0.05, 0.1) is 15.8 Å². The Kier molecular flexibility index (Phi) is 5.70. The van der Waals surface area contributed by atoms with Crippen LogP contribution in [0.15, 0.2) is 29.6 Å². The number of sulfonamides is 1. The van der Waals surface area contributed by atoms with Gasteiger partial charge in [-0.05, 0) is 69.2 Å². The van der Waals surface area contributed by atoms with Crippen molar-refractivity contribution in [2.45, 2.75) is 50.8 Å². The number of fused-ring (bicyclic) bond motifs is 2. The van der Waals surface area contributed by atoms with Crippen molar-refractivity contribution >= 4 is 54.7 Å². The van der Waals surface area contributed by atoms with Gasteiger partial charge in [0.1, 0.15) is 10.6 Å². The lowest BCUT2D eigenvalue weighted by Crippen LogP contribution is -2.42. The fraction of sp³-hybridized carbons (Fsp3) is 0.478. The predicted molar refractivity (Wildman–Crippen MR) is 134 cm³/mol. The summed E-state index contributed by atoms with van der Waals surface area (Å²) in [6.45, 7) is 7.18. The summed E-state index contributed by atoms with van der Waals surface area (Å²) in [5, 5.41) is 9.82. The van der Waals surface area contributed by atoms with E-state index in [-0.39, 0.29) is 0 Å². The fourth-order valence-corrected chi connectivity index (χ4v) is 6.37. The molecule has 8 nitrogen and oxygen atoms in total. The van der Waals surface area contributed by atoms with Crippen LogP contribution in [0.4, 0.5) is 23.1 Å². The molecular weight excluding hydrogens is 458 g/mol. The second-order valence-electron chi connectivity index (χ2n) is 9.47. The SMILES string of the molecule is CC(C)(C)S(=O)(=O)N1CCc2ccc(Nc3nc(NC4CCOCC4)nc4sccc34)cc21. The molecule has 176 valence electrons. The summed E-state index contributed by atoms with van der Waals surface area (Å²) in [7, 11) is -3.47. The van der Waals surface area contributed by atoms with Gasteiger partial charge in [-0.15, -0.1) is 11.3 Å². The maximum absolute atomic E-state index is 13.1. The van der Waals surface area contributed by atoms with Gasteiger partial charge in [-0.2, -0.15) is 4.98 Å². The molecule has 0 saturated carbocycles. The van der Waals surface area contributed by atoms with Crippen LogP contribution in [-0.2, 0) is 21.2 Å². The van der Waals surface area contributed by atoms with E-state index in [0.29, 0.717) is 30.8 Å². The summed E-state index contributed by atoms with van der Waals surface area (Å²) in [5.41, 5.74) is 2.58. The third-order valence-corrected chi connectivity index (χ3v) is 9.46. The quantitative estimate of drug-likeness (QED) is 0.546. The largest absolute Gasteiger partial charge is 0.381 e. The van der Waals surface area contributed by atoms with E-state index < -0.39 is 14.8 Å². The van der Waals surface area contributed by atoms with Crippen molar-refractivity contribution in [3.8, 4) is 0 Å². The molecule has 4 heterocycles. The van der Waals surface area contributed by atoms with Crippen LogP contribution in [-0.4, -0.2) is 48.9 Å². The summed E-state index contributed by atoms with van der Waals surface area (Å²) in [4.78, 5) is 10.4. The van der Waals surface area contributed by atoms with Gasteiger partial charge in [0, 0.05) is 31.5 Å². The first-order valence-corrected chi connectivity index (χ1v) is 13.6. The maximum atomic E-state index is 13.1. The molecule has 0 radical (unpaired) electrons. The van der Waals surface area contributed by atoms with E-state index >= 15 is 0 Å². The molecular formula is C23H29N5O3S2. The van der Waals surface area contributed by atoms with E-state index in [2.05, 4.69) is 15.6 Å². The lowest BCUT2D eigenvalue weighted by atomic mass is 10.1. The number of benzene rings is 1. The smallest absolute Gasteiger partial charge is 0.240 e. The topological polar surface area (TPSA) is 96.5 Å². The van der Waals surface area contributed by atoms with Crippen molar-refractivity contribution in [1.29, 1.82) is 0 Å². The van der Waals surface area contributed by atoms with Gasteiger partial charge >= 0.3 is 0 Å². The molecule has 5 rings (SSSR count). The van der Waals surface area contributed by atoms with E-state index in [1.165, 1.54) is 0 Å². The summed E-state index contributed by atoms with van der Waals surface area (Å²) < 4.78 is 32.4. The Morgan fingerprint density at radius 1 is 1.15 bits per heavy atom. The molecule has 1 saturated heterocycles. The third kappa shape index (κ3) is 4.27. The third-order valence-electron chi connectivity index (χ3n) is 6.14. The molecule has 2 aliphatic rings. The van der Waals surface area contributed by atoms with Gasteiger partial charge in [-0.25, -0.2) is 13.4 Å². The van der Waals surface area contributed by atoms with Gasteiger partial charge < -0.3 is 15.4 Å². The van der Waals surface area contributed by atoms with Crippen molar-refractivity contribution in [3.63, 3.8) is 0 Å². The number of anilines is 4. The minimum Gasteiger partial charge on any atom is -0.381 e. The van der Waals surface area contributed by atoms with E-state index in [0.717, 1.165) is 53.2 Å². The van der Waals surface area contributed by atoms with Gasteiger partial charge in [0.25, 0.3) is 0 Å². The molecule has 0 unspecified atom stereocenters. The first-order chi connectivity index (χ1) is 15.7. The predicted octanol–water partition coefficient (Wildman–Crippen LogP) is 4.52. The Bertz CT molecular complexity index is 1280. The van der Waals surface area contributed by atoms with Crippen molar-refractivity contribution in [3.05, 3.63) is 35.2 Å². The Morgan fingerprint density at radius 2 is 1.94 bits per heavy atom. The zero-order chi connectivity index (χ0) is 23.2. The molecule has 33 heavy (non-hydrogen) atoms. The molecule has 2 N–H and O–H groups in total. The average Bonchev–Trinajstić information content (AvgIpc) is 3.40. The van der Waals surface area contributed by atoms with Crippen molar-refractivity contribution in [2.75, 3.05) is 34.7 Å². The minimum atomic E-state index is -3.47. The van der Waals surface area contributed by atoms with Crippen molar-refractivity contribution in [2.24, 2.45) is 0 Å². The number of thiophene rings is 1. The monoisotopic (exact) mass is 487 g/mol. The van der Waals surface area contributed by atoms with Crippen LogP contribution >= 0.6 is 11.3 Å². The summed E-state index contributed by atoms with van der Waals surface area (Å²) in [6.07, 6.45) is 2.57. The Morgan fingerprint density at radius 3 is 2.70 bits per heavy atom. The van der Waals surface area contributed by atoms with E-state index in [1.54, 1.807) is 36.4 Å². The number of aromatic nitrogens is 2. The van der Waals surface area contributed by atoms with Crippen LogP contribution in [0.1, 0.15) is 39.2 Å². The number of nitrogens with zero attached hydrogens (tertiary/aromatic N) is 3. The molecule has 0 spiro atoms. The molecule has 0 aliphatic carbocycles. The normalized spacial score (nSPS) is 17.4. The molecule has 1 fully saturated rings. The van der Waals surface area contributed by atoms with E-state index in [1.807, 2.05) is 29.6 Å². The van der Waals surface area contributed by atoms with Gasteiger partial charge in [-0.3, -0.25) is 4.31 Å². The molecule has 2 aromatic heterocycles. The van der Waals surface area contributed by atoms with Crippen LogP contribution in [0.3, 0.4) is 0 Å². The Labute approximate surface area is 198 Å². The molecule has 2 aliphatic heterocycles. The molecule has 3 aromatic rings. The van der Waals surface area contributed by atoms with Crippen LogP contribution in [0, 0.1) is 0 Å². The summed E-state index contributed by atoms with van der Waals surface area (Å²) in [6, 6.07) is 8.20. The zero-order valence-electron chi connectivity index (χ0n) is 19.1. The number of hydrogen-bond acceptors (Lipinski definition) is 8. The highest BCUT2D eigenvalue weighted by Gasteiger charge is 2.38. The second kappa shape index (κ2) is 8.41. The minimum absolute atomic E-state index is 0.292.